The Morgan fingerprint density at radius 2 is 1.93 bits per heavy atom. The Labute approximate surface area is 100 Å². The van der Waals surface area contributed by atoms with Crippen molar-refractivity contribution in [2.75, 3.05) is 0 Å². The summed E-state index contributed by atoms with van der Waals surface area (Å²) in [5, 5.41) is 3.18. The van der Waals surface area contributed by atoms with E-state index in [9.17, 15) is 4.79 Å². The first-order chi connectivity index (χ1) is 7.07. The van der Waals surface area contributed by atoms with Crippen LogP contribution in [0.1, 0.15) is 51.9 Å². The van der Waals surface area contributed by atoms with E-state index in [0.29, 0.717) is 16.3 Å². The van der Waals surface area contributed by atoms with Crippen LogP contribution in [-0.2, 0) is 4.79 Å². The van der Waals surface area contributed by atoms with Crippen LogP contribution in [0, 0.1) is 5.41 Å². The molecule has 0 aliphatic heterocycles. The van der Waals surface area contributed by atoms with Crippen LogP contribution in [0.25, 0.3) is 0 Å². The standard InChI is InChI=1S/C12H20BrNO/c1-12(6-7-12)8-11(15)14-10-4-2-9(13)3-5-10/h9-10H,2-8H2,1H3,(H,14,15). The van der Waals surface area contributed by atoms with E-state index in [-0.39, 0.29) is 5.91 Å². The molecule has 2 rings (SSSR count). The molecule has 2 aliphatic rings. The van der Waals surface area contributed by atoms with Gasteiger partial charge in [0.05, 0.1) is 0 Å². The van der Waals surface area contributed by atoms with Crippen LogP contribution in [0.4, 0.5) is 0 Å². The first kappa shape index (κ1) is 11.4. The van der Waals surface area contributed by atoms with Crippen molar-refractivity contribution >= 4 is 21.8 Å². The highest BCUT2D eigenvalue weighted by Gasteiger charge is 2.39. The van der Waals surface area contributed by atoms with Crippen LogP contribution in [0.5, 0.6) is 0 Å². The summed E-state index contributed by atoms with van der Waals surface area (Å²) in [6, 6.07) is 0.439. The summed E-state index contributed by atoms with van der Waals surface area (Å²) in [5.41, 5.74) is 0.344. The lowest BCUT2D eigenvalue weighted by atomic mass is 9.95. The molecule has 2 fully saturated rings. The van der Waals surface area contributed by atoms with Crippen molar-refractivity contribution < 1.29 is 4.79 Å². The second kappa shape index (κ2) is 4.44. The number of amides is 1. The van der Waals surface area contributed by atoms with E-state index in [2.05, 4.69) is 28.2 Å². The van der Waals surface area contributed by atoms with Crippen LogP contribution < -0.4 is 5.32 Å². The molecule has 0 saturated heterocycles. The summed E-state index contributed by atoms with van der Waals surface area (Å²) in [5.74, 6) is 0.271. The number of carbonyl (C=O) groups is 1. The van der Waals surface area contributed by atoms with Gasteiger partial charge in [-0.25, -0.2) is 0 Å². The number of alkyl halides is 1. The Kier molecular flexibility index (Phi) is 3.39. The quantitative estimate of drug-likeness (QED) is 0.787. The zero-order valence-electron chi connectivity index (χ0n) is 9.39. The second-order valence-electron chi connectivity index (χ2n) is 5.50. The maximum Gasteiger partial charge on any atom is 0.220 e. The summed E-state index contributed by atoms with van der Waals surface area (Å²) in [7, 11) is 0. The fourth-order valence-corrected chi connectivity index (χ4v) is 2.78. The van der Waals surface area contributed by atoms with Crippen LogP contribution in [0.3, 0.4) is 0 Å². The molecule has 0 aromatic carbocycles. The molecule has 2 aliphatic carbocycles. The van der Waals surface area contributed by atoms with Crippen LogP contribution >= 0.6 is 15.9 Å². The van der Waals surface area contributed by atoms with Crippen molar-refractivity contribution in [2.24, 2.45) is 5.41 Å². The van der Waals surface area contributed by atoms with Gasteiger partial charge < -0.3 is 5.32 Å². The maximum atomic E-state index is 11.7. The van der Waals surface area contributed by atoms with Gasteiger partial charge >= 0.3 is 0 Å². The molecule has 3 heteroatoms. The van der Waals surface area contributed by atoms with E-state index in [1.165, 1.54) is 25.7 Å². The first-order valence-corrected chi connectivity index (χ1v) is 6.92. The SMILES string of the molecule is CC1(CC(=O)NC2CCC(Br)CC2)CC1. The molecule has 0 aromatic rings. The highest BCUT2D eigenvalue weighted by molar-refractivity contribution is 9.09. The van der Waals surface area contributed by atoms with Gasteiger partial charge in [0, 0.05) is 17.3 Å². The van der Waals surface area contributed by atoms with Crippen molar-refractivity contribution in [3.8, 4) is 0 Å². The summed E-state index contributed by atoms with van der Waals surface area (Å²) in [6.45, 7) is 2.21. The molecule has 2 nitrogen and oxygen atoms in total. The smallest absolute Gasteiger partial charge is 0.220 e. The number of rotatable bonds is 3. The minimum absolute atomic E-state index is 0.271. The molecular weight excluding hydrogens is 254 g/mol. The second-order valence-corrected chi connectivity index (χ2v) is 6.80. The highest BCUT2D eigenvalue weighted by atomic mass is 79.9. The third kappa shape index (κ3) is 3.47. The van der Waals surface area contributed by atoms with E-state index < -0.39 is 0 Å². The average molecular weight is 274 g/mol. The lowest BCUT2D eigenvalue weighted by Crippen LogP contribution is -2.38. The van der Waals surface area contributed by atoms with Gasteiger partial charge in [-0.15, -0.1) is 0 Å². The largest absolute Gasteiger partial charge is 0.353 e. The number of hydrogen-bond donors (Lipinski definition) is 1. The highest BCUT2D eigenvalue weighted by Crippen LogP contribution is 2.48. The van der Waals surface area contributed by atoms with Gasteiger partial charge in [0.1, 0.15) is 0 Å². The molecule has 0 spiro atoms. The topological polar surface area (TPSA) is 29.1 Å². The zero-order chi connectivity index (χ0) is 10.9. The van der Waals surface area contributed by atoms with Crippen molar-refractivity contribution in [3.63, 3.8) is 0 Å². The lowest BCUT2D eigenvalue weighted by Gasteiger charge is -2.26. The Balaban J connectivity index is 1.70. The van der Waals surface area contributed by atoms with E-state index >= 15 is 0 Å². The summed E-state index contributed by atoms with van der Waals surface area (Å²) < 4.78 is 0. The van der Waals surface area contributed by atoms with Gasteiger partial charge in [-0.2, -0.15) is 0 Å². The Morgan fingerprint density at radius 1 is 1.33 bits per heavy atom. The molecule has 1 amide bonds. The lowest BCUT2D eigenvalue weighted by molar-refractivity contribution is -0.123. The number of hydrogen-bond acceptors (Lipinski definition) is 1. The van der Waals surface area contributed by atoms with Gasteiger partial charge in [-0.1, -0.05) is 22.9 Å². The summed E-state index contributed by atoms with van der Waals surface area (Å²) >= 11 is 3.63. The monoisotopic (exact) mass is 273 g/mol. The van der Waals surface area contributed by atoms with Crippen molar-refractivity contribution in [1.29, 1.82) is 0 Å². The number of nitrogens with one attached hydrogen (secondary N) is 1. The molecule has 15 heavy (non-hydrogen) atoms. The van der Waals surface area contributed by atoms with Gasteiger partial charge in [-0.3, -0.25) is 4.79 Å². The van der Waals surface area contributed by atoms with Crippen molar-refractivity contribution in [2.45, 2.75) is 62.7 Å². The molecular formula is C12H20BrNO. The third-order valence-electron chi connectivity index (χ3n) is 3.71. The Hall–Kier alpha value is -0.0500. The van der Waals surface area contributed by atoms with Gasteiger partial charge in [0.2, 0.25) is 5.91 Å². The molecule has 1 N–H and O–H groups in total. The van der Waals surface area contributed by atoms with Crippen LogP contribution in [-0.4, -0.2) is 16.8 Å². The van der Waals surface area contributed by atoms with Gasteiger partial charge in [0.15, 0.2) is 0 Å². The average Bonchev–Trinajstić information content (AvgIpc) is 2.87. The fourth-order valence-electron chi connectivity index (χ4n) is 2.25. The summed E-state index contributed by atoms with van der Waals surface area (Å²) in [4.78, 5) is 12.4. The van der Waals surface area contributed by atoms with E-state index in [4.69, 9.17) is 0 Å². The van der Waals surface area contributed by atoms with Crippen LogP contribution in [0.2, 0.25) is 0 Å². The molecule has 0 unspecified atom stereocenters. The van der Waals surface area contributed by atoms with E-state index in [1.807, 2.05) is 0 Å². The molecule has 2 saturated carbocycles. The Morgan fingerprint density at radius 3 is 2.47 bits per heavy atom. The third-order valence-corrected chi connectivity index (χ3v) is 4.63. The van der Waals surface area contributed by atoms with Crippen molar-refractivity contribution in [1.82, 2.24) is 5.32 Å². The molecule has 0 bridgehead atoms. The molecule has 0 atom stereocenters. The molecule has 0 aromatic heterocycles. The summed E-state index contributed by atoms with van der Waals surface area (Å²) in [6.07, 6.45) is 7.87. The minimum Gasteiger partial charge on any atom is -0.353 e. The normalized spacial score (nSPS) is 33.5. The molecule has 0 radical (unpaired) electrons. The number of halogens is 1. The predicted molar refractivity (Wildman–Crippen MR) is 65.1 cm³/mol. The fraction of sp³-hybridized carbons (Fsp3) is 0.917. The predicted octanol–water partition coefficient (Wildman–Crippen LogP) is 3.00. The number of carbonyl (C=O) groups excluding carboxylic acids is 1. The van der Waals surface area contributed by atoms with E-state index in [0.717, 1.165) is 19.3 Å². The molecule has 86 valence electrons. The minimum atomic E-state index is 0.271. The van der Waals surface area contributed by atoms with Gasteiger partial charge in [-0.05, 0) is 43.9 Å². The van der Waals surface area contributed by atoms with Crippen molar-refractivity contribution in [3.05, 3.63) is 0 Å². The zero-order valence-corrected chi connectivity index (χ0v) is 11.0. The first-order valence-electron chi connectivity index (χ1n) is 6.01. The van der Waals surface area contributed by atoms with Crippen LogP contribution in [0.15, 0.2) is 0 Å². The van der Waals surface area contributed by atoms with Gasteiger partial charge in [0.25, 0.3) is 0 Å². The molecule has 0 heterocycles. The van der Waals surface area contributed by atoms with E-state index in [1.54, 1.807) is 0 Å². The Bertz CT molecular complexity index is 242. The maximum absolute atomic E-state index is 11.7.